The number of hydrogen-bond donors (Lipinski definition) is 2. The molecule has 0 aromatic carbocycles. The molecule has 0 aromatic heterocycles. The third kappa shape index (κ3) is 3.72. The van der Waals surface area contributed by atoms with Crippen LogP contribution in [0.2, 0.25) is 0 Å². The van der Waals surface area contributed by atoms with Crippen molar-refractivity contribution in [3.05, 3.63) is 0 Å². The topological polar surface area (TPSA) is 78.5 Å². The van der Waals surface area contributed by atoms with Gasteiger partial charge in [-0.3, -0.25) is 14.4 Å². The van der Waals surface area contributed by atoms with E-state index in [9.17, 15) is 14.4 Å². The van der Waals surface area contributed by atoms with Crippen molar-refractivity contribution < 1.29 is 14.4 Å². The van der Waals surface area contributed by atoms with Gasteiger partial charge >= 0.3 is 0 Å². The fraction of sp³-hybridized carbons (Fsp3) is 0.727. The first-order valence-corrected chi connectivity index (χ1v) is 5.93. The summed E-state index contributed by atoms with van der Waals surface area (Å²) in [7, 11) is 0. The summed E-state index contributed by atoms with van der Waals surface area (Å²) in [4.78, 5) is 36.4. The lowest BCUT2D eigenvalue weighted by molar-refractivity contribution is -0.135. The molecule has 0 spiro atoms. The summed E-state index contributed by atoms with van der Waals surface area (Å²) in [5.74, 6) is -0.589. The van der Waals surface area contributed by atoms with Crippen molar-refractivity contribution in [2.24, 2.45) is 0 Å². The van der Waals surface area contributed by atoms with Gasteiger partial charge in [0.25, 0.3) is 0 Å². The summed E-state index contributed by atoms with van der Waals surface area (Å²) in [6.45, 7) is 5.32. The van der Waals surface area contributed by atoms with E-state index in [1.54, 1.807) is 4.90 Å². The average Bonchev–Trinajstić information content (AvgIpc) is 2.43. The minimum absolute atomic E-state index is 0.0270. The lowest BCUT2D eigenvalue weighted by atomic mass is 10.1. The van der Waals surface area contributed by atoms with E-state index in [-0.39, 0.29) is 30.6 Å². The fourth-order valence-corrected chi connectivity index (χ4v) is 1.78. The monoisotopic (exact) mass is 241 g/mol. The highest BCUT2D eigenvalue weighted by Crippen LogP contribution is 2.02. The van der Waals surface area contributed by atoms with E-state index >= 15 is 0 Å². The van der Waals surface area contributed by atoms with Crippen molar-refractivity contribution in [2.45, 2.75) is 32.7 Å². The Hall–Kier alpha value is -1.59. The molecule has 96 valence electrons. The second kappa shape index (κ2) is 6.22. The van der Waals surface area contributed by atoms with Crippen LogP contribution < -0.4 is 10.6 Å². The van der Waals surface area contributed by atoms with Gasteiger partial charge in [-0.05, 0) is 13.8 Å². The van der Waals surface area contributed by atoms with Crippen LogP contribution in [-0.2, 0) is 14.4 Å². The van der Waals surface area contributed by atoms with Crippen LogP contribution in [0.15, 0.2) is 0 Å². The first-order valence-electron chi connectivity index (χ1n) is 5.93. The Morgan fingerprint density at radius 3 is 2.59 bits per heavy atom. The molecule has 0 unspecified atom stereocenters. The van der Waals surface area contributed by atoms with Gasteiger partial charge in [0.05, 0.1) is 6.42 Å². The minimum Gasteiger partial charge on any atom is -0.354 e. The summed E-state index contributed by atoms with van der Waals surface area (Å²) in [5.41, 5.74) is 0. The molecular formula is C11H19N3O3. The number of nitrogens with zero attached hydrogens (tertiary/aromatic N) is 1. The Kier molecular flexibility index (Phi) is 4.93. The molecule has 1 atom stereocenters. The van der Waals surface area contributed by atoms with Gasteiger partial charge < -0.3 is 15.5 Å². The lowest BCUT2D eigenvalue weighted by Gasteiger charge is -2.21. The molecule has 2 N–H and O–H groups in total. The van der Waals surface area contributed by atoms with Crippen molar-refractivity contribution in [1.29, 1.82) is 0 Å². The Labute approximate surface area is 101 Å². The fourth-order valence-electron chi connectivity index (χ4n) is 1.78. The van der Waals surface area contributed by atoms with Crippen LogP contribution in [0.1, 0.15) is 26.7 Å². The van der Waals surface area contributed by atoms with Gasteiger partial charge in [-0.2, -0.15) is 0 Å². The molecule has 3 amide bonds. The zero-order valence-electron chi connectivity index (χ0n) is 10.3. The molecule has 1 aliphatic heterocycles. The van der Waals surface area contributed by atoms with Crippen LogP contribution in [0.25, 0.3) is 0 Å². The van der Waals surface area contributed by atoms with Crippen molar-refractivity contribution in [3.8, 4) is 0 Å². The largest absolute Gasteiger partial charge is 0.354 e. The van der Waals surface area contributed by atoms with Gasteiger partial charge in [-0.25, -0.2) is 0 Å². The van der Waals surface area contributed by atoms with Crippen LogP contribution in [0.4, 0.5) is 0 Å². The second-order valence-corrected chi connectivity index (χ2v) is 3.93. The van der Waals surface area contributed by atoms with E-state index in [4.69, 9.17) is 0 Å². The van der Waals surface area contributed by atoms with E-state index in [1.807, 2.05) is 13.8 Å². The molecule has 1 saturated heterocycles. The summed E-state index contributed by atoms with van der Waals surface area (Å²) in [6, 6.07) is -0.738. The van der Waals surface area contributed by atoms with E-state index in [2.05, 4.69) is 10.6 Å². The molecule has 6 nitrogen and oxygen atoms in total. The first-order chi connectivity index (χ1) is 8.08. The summed E-state index contributed by atoms with van der Waals surface area (Å²) in [5, 5.41) is 5.18. The number of amides is 3. The molecule has 0 aliphatic carbocycles. The molecule has 6 heteroatoms. The molecule has 0 saturated carbocycles. The van der Waals surface area contributed by atoms with Gasteiger partial charge in [0, 0.05) is 26.1 Å². The highest BCUT2D eigenvalue weighted by molar-refractivity contribution is 5.93. The van der Waals surface area contributed by atoms with Gasteiger partial charge in [0.15, 0.2) is 0 Å². The molecular weight excluding hydrogens is 222 g/mol. The van der Waals surface area contributed by atoms with E-state index in [1.165, 1.54) is 0 Å². The molecule has 1 aliphatic rings. The summed E-state index contributed by atoms with van der Waals surface area (Å²) >= 11 is 0. The van der Waals surface area contributed by atoms with Crippen molar-refractivity contribution in [1.82, 2.24) is 15.5 Å². The van der Waals surface area contributed by atoms with Crippen molar-refractivity contribution in [2.75, 3.05) is 19.6 Å². The SMILES string of the molecule is CCN(CC)C(=O)C[C@@H]1NC(=O)CCNC1=O. The van der Waals surface area contributed by atoms with Crippen LogP contribution >= 0.6 is 0 Å². The van der Waals surface area contributed by atoms with Crippen LogP contribution in [-0.4, -0.2) is 48.3 Å². The third-order valence-electron chi connectivity index (χ3n) is 2.80. The molecule has 1 rings (SSSR count). The summed E-state index contributed by atoms with van der Waals surface area (Å²) < 4.78 is 0. The maximum Gasteiger partial charge on any atom is 0.243 e. The van der Waals surface area contributed by atoms with Crippen molar-refractivity contribution >= 4 is 17.7 Å². The lowest BCUT2D eigenvalue weighted by Crippen LogP contribution is -2.46. The number of carbonyl (C=O) groups excluding carboxylic acids is 3. The smallest absolute Gasteiger partial charge is 0.243 e. The average molecular weight is 241 g/mol. The van der Waals surface area contributed by atoms with Crippen LogP contribution in [0, 0.1) is 0 Å². The zero-order chi connectivity index (χ0) is 12.8. The normalized spacial score (nSPS) is 20.2. The van der Waals surface area contributed by atoms with Gasteiger partial charge in [-0.1, -0.05) is 0 Å². The summed E-state index contributed by atoms with van der Waals surface area (Å²) in [6.07, 6.45) is 0.293. The Bertz CT molecular complexity index is 313. The predicted octanol–water partition coefficient (Wildman–Crippen LogP) is -0.750. The highest BCUT2D eigenvalue weighted by Gasteiger charge is 2.27. The minimum atomic E-state index is -0.738. The number of rotatable bonds is 4. The first kappa shape index (κ1) is 13.5. The zero-order valence-corrected chi connectivity index (χ0v) is 10.3. The molecule has 1 heterocycles. The Morgan fingerprint density at radius 1 is 1.35 bits per heavy atom. The molecule has 1 fully saturated rings. The van der Waals surface area contributed by atoms with Crippen LogP contribution in [0.3, 0.4) is 0 Å². The van der Waals surface area contributed by atoms with Crippen molar-refractivity contribution in [3.63, 3.8) is 0 Å². The predicted molar refractivity (Wildman–Crippen MR) is 62.1 cm³/mol. The standard InChI is InChI=1S/C11H19N3O3/c1-3-14(4-2)10(16)7-8-11(17)12-6-5-9(15)13-8/h8H,3-7H2,1-2H3,(H,12,17)(H,13,15)/t8-/m0/s1. The van der Waals surface area contributed by atoms with Gasteiger partial charge in [-0.15, -0.1) is 0 Å². The molecule has 17 heavy (non-hydrogen) atoms. The number of hydrogen-bond acceptors (Lipinski definition) is 3. The maximum atomic E-state index is 11.8. The van der Waals surface area contributed by atoms with Gasteiger partial charge in [0.2, 0.25) is 17.7 Å². The maximum absolute atomic E-state index is 11.8. The third-order valence-corrected chi connectivity index (χ3v) is 2.80. The molecule has 0 radical (unpaired) electrons. The second-order valence-electron chi connectivity index (χ2n) is 3.93. The molecule has 0 aromatic rings. The van der Waals surface area contributed by atoms with E-state index in [0.29, 0.717) is 19.6 Å². The Morgan fingerprint density at radius 2 is 2.00 bits per heavy atom. The van der Waals surface area contributed by atoms with E-state index < -0.39 is 6.04 Å². The quantitative estimate of drug-likeness (QED) is 0.679. The number of nitrogens with one attached hydrogen (secondary N) is 2. The van der Waals surface area contributed by atoms with Crippen LogP contribution in [0.5, 0.6) is 0 Å². The number of carbonyl (C=O) groups is 3. The van der Waals surface area contributed by atoms with E-state index in [0.717, 1.165) is 0 Å². The van der Waals surface area contributed by atoms with Gasteiger partial charge in [0.1, 0.15) is 6.04 Å². The highest BCUT2D eigenvalue weighted by atomic mass is 16.2. The molecule has 0 bridgehead atoms. The Balaban J connectivity index is 2.61.